The van der Waals surface area contributed by atoms with Gasteiger partial charge in [0.05, 0.1) is 0 Å². The van der Waals surface area contributed by atoms with Gasteiger partial charge >= 0.3 is 12.0 Å². The largest absolute Gasteiger partial charge is 0.478 e. The molecular formula is C12H12N2O3. The van der Waals surface area contributed by atoms with Gasteiger partial charge in [0, 0.05) is 24.9 Å². The first-order chi connectivity index (χ1) is 8.16. The monoisotopic (exact) mass is 232 g/mol. The summed E-state index contributed by atoms with van der Waals surface area (Å²) >= 11 is 0. The van der Waals surface area contributed by atoms with Crippen LogP contribution in [0.15, 0.2) is 30.3 Å². The third-order valence-corrected chi connectivity index (χ3v) is 2.48. The number of carbonyl (C=O) groups is 2. The molecule has 1 fully saturated rings. The highest BCUT2D eigenvalue weighted by molar-refractivity contribution is 5.94. The Labute approximate surface area is 98.4 Å². The van der Waals surface area contributed by atoms with Crippen molar-refractivity contribution in [2.75, 3.05) is 18.0 Å². The number of anilines is 1. The van der Waals surface area contributed by atoms with Gasteiger partial charge in [-0.1, -0.05) is 12.1 Å². The zero-order valence-electron chi connectivity index (χ0n) is 9.09. The minimum Gasteiger partial charge on any atom is -0.478 e. The van der Waals surface area contributed by atoms with Crippen LogP contribution in [-0.4, -0.2) is 30.2 Å². The summed E-state index contributed by atoms with van der Waals surface area (Å²) in [6.07, 6.45) is 2.59. The number of hydrogen-bond donors (Lipinski definition) is 2. The summed E-state index contributed by atoms with van der Waals surface area (Å²) in [6, 6.07) is 7.05. The van der Waals surface area contributed by atoms with Crippen molar-refractivity contribution in [2.24, 2.45) is 0 Å². The first kappa shape index (κ1) is 11.2. The van der Waals surface area contributed by atoms with Crippen molar-refractivity contribution in [2.45, 2.75) is 0 Å². The number of nitrogens with one attached hydrogen (secondary N) is 1. The number of urea groups is 1. The summed E-state index contributed by atoms with van der Waals surface area (Å²) in [5.41, 5.74) is 1.60. The molecule has 0 atom stereocenters. The maximum absolute atomic E-state index is 11.4. The molecule has 1 aromatic rings. The highest BCUT2D eigenvalue weighted by atomic mass is 16.4. The van der Waals surface area contributed by atoms with E-state index in [9.17, 15) is 9.59 Å². The molecule has 1 aliphatic rings. The fraction of sp³-hybridized carbons (Fsp3) is 0.167. The second kappa shape index (κ2) is 4.69. The van der Waals surface area contributed by atoms with E-state index in [1.165, 1.54) is 6.08 Å². The molecule has 0 spiro atoms. The number of nitrogens with zero attached hydrogens (tertiary/aromatic N) is 1. The fourth-order valence-electron chi connectivity index (χ4n) is 1.65. The van der Waals surface area contributed by atoms with Crippen LogP contribution in [0.5, 0.6) is 0 Å². The first-order valence-corrected chi connectivity index (χ1v) is 5.23. The Hall–Kier alpha value is -2.30. The van der Waals surface area contributed by atoms with Crippen LogP contribution in [-0.2, 0) is 4.79 Å². The van der Waals surface area contributed by atoms with E-state index in [0.717, 1.165) is 17.3 Å². The second-order valence-electron chi connectivity index (χ2n) is 3.65. The number of amides is 2. The lowest BCUT2D eigenvalue weighted by molar-refractivity contribution is -0.131. The Bertz CT molecular complexity index is 465. The number of carboxylic acids is 1. The van der Waals surface area contributed by atoms with E-state index in [1.54, 1.807) is 29.2 Å². The molecule has 1 aromatic carbocycles. The molecule has 0 bridgehead atoms. The lowest BCUT2D eigenvalue weighted by Gasteiger charge is -2.13. The highest BCUT2D eigenvalue weighted by Crippen LogP contribution is 2.17. The van der Waals surface area contributed by atoms with Crippen molar-refractivity contribution in [3.05, 3.63) is 35.9 Å². The topological polar surface area (TPSA) is 69.6 Å². The molecule has 1 aliphatic heterocycles. The van der Waals surface area contributed by atoms with E-state index in [1.807, 2.05) is 0 Å². The predicted molar refractivity (Wildman–Crippen MR) is 63.9 cm³/mol. The number of carboxylic acid groups (broad SMARTS) is 1. The summed E-state index contributed by atoms with van der Waals surface area (Å²) in [5, 5.41) is 11.2. The van der Waals surface area contributed by atoms with Gasteiger partial charge in [0.2, 0.25) is 0 Å². The molecule has 17 heavy (non-hydrogen) atoms. The van der Waals surface area contributed by atoms with E-state index in [-0.39, 0.29) is 6.03 Å². The quantitative estimate of drug-likeness (QED) is 0.772. The van der Waals surface area contributed by atoms with E-state index < -0.39 is 5.97 Å². The SMILES string of the molecule is O=C(O)/C=C/c1ccc(N2CCNC2=O)cc1. The zero-order valence-corrected chi connectivity index (χ0v) is 9.09. The summed E-state index contributed by atoms with van der Waals surface area (Å²) in [7, 11) is 0. The van der Waals surface area contributed by atoms with Crippen molar-refractivity contribution in [1.82, 2.24) is 5.32 Å². The van der Waals surface area contributed by atoms with Crippen molar-refractivity contribution in [3.8, 4) is 0 Å². The molecule has 88 valence electrons. The van der Waals surface area contributed by atoms with E-state index in [2.05, 4.69) is 5.32 Å². The average molecular weight is 232 g/mol. The van der Waals surface area contributed by atoms with E-state index >= 15 is 0 Å². The van der Waals surface area contributed by atoms with Gasteiger partial charge in [0.1, 0.15) is 0 Å². The fourth-order valence-corrected chi connectivity index (χ4v) is 1.65. The van der Waals surface area contributed by atoms with Gasteiger partial charge in [0.15, 0.2) is 0 Å². The molecule has 2 N–H and O–H groups in total. The van der Waals surface area contributed by atoms with Crippen LogP contribution in [0.3, 0.4) is 0 Å². The summed E-state index contributed by atoms with van der Waals surface area (Å²) in [4.78, 5) is 23.4. The molecule has 2 rings (SSSR count). The molecule has 0 aliphatic carbocycles. The van der Waals surface area contributed by atoms with Crippen molar-refractivity contribution >= 4 is 23.8 Å². The Morgan fingerprint density at radius 3 is 2.59 bits per heavy atom. The maximum atomic E-state index is 11.4. The van der Waals surface area contributed by atoms with Crippen LogP contribution in [0.4, 0.5) is 10.5 Å². The number of hydrogen-bond acceptors (Lipinski definition) is 2. The lowest BCUT2D eigenvalue weighted by atomic mass is 10.2. The van der Waals surface area contributed by atoms with Crippen molar-refractivity contribution in [1.29, 1.82) is 0 Å². The number of carbonyl (C=O) groups excluding carboxylic acids is 1. The van der Waals surface area contributed by atoms with Crippen LogP contribution in [0.25, 0.3) is 6.08 Å². The molecule has 5 heteroatoms. The standard InChI is InChI=1S/C12H12N2O3/c15-11(16)6-3-9-1-4-10(5-2-9)14-8-7-13-12(14)17/h1-6H,7-8H2,(H,13,17)(H,15,16)/b6-3+. The average Bonchev–Trinajstić information content (AvgIpc) is 2.73. The van der Waals surface area contributed by atoms with Crippen LogP contribution in [0.1, 0.15) is 5.56 Å². The molecular weight excluding hydrogens is 220 g/mol. The third kappa shape index (κ3) is 2.63. The second-order valence-corrected chi connectivity index (χ2v) is 3.65. The lowest BCUT2D eigenvalue weighted by Crippen LogP contribution is -2.27. The minimum atomic E-state index is -0.979. The van der Waals surface area contributed by atoms with Gasteiger partial charge in [-0.15, -0.1) is 0 Å². The van der Waals surface area contributed by atoms with Gasteiger partial charge in [0.25, 0.3) is 0 Å². The Morgan fingerprint density at radius 2 is 2.06 bits per heavy atom. The highest BCUT2D eigenvalue weighted by Gasteiger charge is 2.20. The Balaban J connectivity index is 2.12. The molecule has 1 saturated heterocycles. The zero-order chi connectivity index (χ0) is 12.3. The molecule has 0 unspecified atom stereocenters. The first-order valence-electron chi connectivity index (χ1n) is 5.23. The van der Waals surface area contributed by atoms with Crippen LogP contribution >= 0.6 is 0 Å². The van der Waals surface area contributed by atoms with Crippen LogP contribution < -0.4 is 10.2 Å². The molecule has 2 amide bonds. The van der Waals surface area contributed by atoms with Crippen molar-refractivity contribution < 1.29 is 14.7 Å². The van der Waals surface area contributed by atoms with Crippen LogP contribution in [0.2, 0.25) is 0 Å². The molecule has 0 saturated carbocycles. The Kier molecular flexibility index (Phi) is 3.09. The van der Waals surface area contributed by atoms with Crippen LogP contribution in [0, 0.1) is 0 Å². The third-order valence-electron chi connectivity index (χ3n) is 2.48. The summed E-state index contributed by atoms with van der Waals surface area (Å²) in [6.45, 7) is 1.31. The smallest absolute Gasteiger partial charge is 0.328 e. The van der Waals surface area contributed by atoms with E-state index in [4.69, 9.17) is 5.11 Å². The molecule has 5 nitrogen and oxygen atoms in total. The van der Waals surface area contributed by atoms with E-state index in [0.29, 0.717) is 13.1 Å². The van der Waals surface area contributed by atoms with Gasteiger partial charge in [-0.25, -0.2) is 9.59 Å². The van der Waals surface area contributed by atoms with Gasteiger partial charge in [-0.2, -0.15) is 0 Å². The Morgan fingerprint density at radius 1 is 1.35 bits per heavy atom. The summed E-state index contributed by atoms with van der Waals surface area (Å²) in [5.74, 6) is -0.979. The number of rotatable bonds is 3. The predicted octanol–water partition coefficient (Wildman–Crippen LogP) is 1.31. The maximum Gasteiger partial charge on any atom is 0.328 e. The number of benzene rings is 1. The van der Waals surface area contributed by atoms with Gasteiger partial charge in [-0.05, 0) is 23.8 Å². The van der Waals surface area contributed by atoms with Crippen molar-refractivity contribution in [3.63, 3.8) is 0 Å². The summed E-state index contributed by atoms with van der Waals surface area (Å²) < 4.78 is 0. The molecule has 0 aromatic heterocycles. The van der Waals surface area contributed by atoms with Gasteiger partial charge in [-0.3, -0.25) is 4.90 Å². The molecule has 1 heterocycles. The normalized spacial score (nSPS) is 15.3. The number of aliphatic carboxylic acids is 1. The molecule has 0 radical (unpaired) electrons. The van der Waals surface area contributed by atoms with Gasteiger partial charge < -0.3 is 10.4 Å². The minimum absolute atomic E-state index is 0.0983.